The van der Waals surface area contributed by atoms with Crippen molar-refractivity contribution in [3.63, 3.8) is 0 Å². The van der Waals surface area contributed by atoms with Crippen LogP contribution in [0, 0.1) is 10.1 Å². The van der Waals surface area contributed by atoms with Crippen molar-refractivity contribution in [1.82, 2.24) is 9.97 Å². The van der Waals surface area contributed by atoms with Crippen molar-refractivity contribution in [2.24, 2.45) is 15.9 Å². The third-order valence-electron chi connectivity index (χ3n) is 3.14. The maximum absolute atomic E-state index is 10.8. The topological polar surface area (TPSA) is 133 Å². The monoisotopic (exact) mass is 336 g/mol. The summed E-state index contributed by atoms with van der Waals surface area (Å²) in [6, 6.07) is 9.53. The number of furan rings is 1. The minimum absolute atomic E-state index is 0.00883. The predicted molar refractivity (Wildman–Crippen MR) is 91.1 cm³/mol. The van der Waals surface area contributed by atoms with Crippen molar-refractivity contribution < 1.29 is 9.34 Å². The summed E-state index contributed by atoms with van der Waals surface area (Å²) in [5.74, 6) is 1.03. The van der Waals surface area contributed by atoms with Crippen LogP contribution in [0.15, 0.2) is 69.6 Å². The quantitative estimate of drug-likeness (QED) is 0.329. The third kappa shape index (κ3) is 3.91. The highest BCUT2D eigenvalue weighted by atomic mass is 16.6. The van der Waals surface area contributed by atoms with E-state index in [1.807, 2.05) is 0 Å². The Kier molecular flexibility index (Phi) is 4.56. The van der Waals surface area contributed by atoms with Crippen LogP contribution in [0.3, 0.4) is 0 Å². The van der Waals surface area contributed by atoms with Gasteiger partial charge in [0.25, 0.3) is 5.69 Å². The Morgan fingerprint density at radius 2 is 2.16 bits per heavy atom. The molecule has 3 rings (SSSR count). The molecular formula is C16H12N6O3. The van der Waals surface area contributed by atoms with E-state index in [4.69, 9.17) is 10.2 Å². The molecule has 9 nitrogen and oxygen atoms in total. The maximum Gasteiger partial charge on any atom is 0.270 e. The predicted octanol–water partition coefficient (Wildman–Crippen LogP) is 2.38. The molecule has 0 unspecified atom stereocenters. The van der Waals surface area contributed by atoms with Gasteiger partial charge in [-0.25, -0.2) is 4.98 Å². The first-order chi connectivity index (χ1) is 12.1. The molecule has 124 valence electrons. The first kappa shape index (κ1) is 16.0. The van der Waals surface area contributed by atoms with Gasteiger partial charge in [0, 0.05) is 30.1 Å². The normalized spacial score (nSPS) is 11.8. The fourth-order valence-corrected chi connectivity index (χ4v) is 1.98. The molecule has 2 aromatic heterocycles. The van der Waals surface area contributed by atoms with Crippen LogP contribution in [0.2, 0.25) is 0 Å². The molecule has 2 N–H and O–H groups in total. The molecule has 0 radical (unpaired) electrons. The lowest BCUT2D eigenvalue weighted by Gasteiger charge is -1.96. The van der Waals surface area contributed by atoms with Gasteiger partial charge in [-0.2, -0.15) is 5.10 Å². The smallest absolute Gasteiger partial charge is 0.270 e. The van der Waals surface area contributed by atoms with Crippen molar-refractivity contribution in [3.05, 3.63) is 76.6 Å². The van der Waals surface area contributed by atoms with E-state index < -0.39 is 4.92 Å². The molecule has 3 aromatic rings. The standard InChI is InChI=1S/C16H12N6O3/c17-16(14-10-18-6-7-19-14)21-20-9-13-4-5-15(25-13)11-2-1-3-12(8-11)22(23)24/h1-10H,(H2,17,21)/b20-9+. The van der Waals surface area contributed by atoms with E-state index in [0.29, 0.717) is 22.8 Å². The summed E-state index contributed by atoms with van der Waals surface area (Å²) in [6.07, 6.45) is 5.88. The molecule has 9 heteroatoms. The molecule has 1 aromatic carbocycles. The fourth-order valence-electron chi connectivity index (χ4n) is 1.98. The molecule has 0 bridgehead atoms. The van der Waals surface area contributed by atoms with Gasteiger partial charge in [-0.1, -0.05) is 12.1 Å². The number of nitrogens with zero attached hydrogens (tertiary/aromatic N) is 5. The number of nitrogens with two attached hydrogens (primary N) is 1. The van der Waals surface area contributed by atoms with Gasteiger partial charge in [-0.3, -0.25) is 15.1 Å². The summed E-state index contributed by atoms with van der Waals surface area (Å²) < 4.78 is 5.58. The number of hydrogen-bond donors (Lipinski definition) is 1. The lowest BCUT2D eigenvalue weighted by atomic mass is 10.1. The van der Waals surface area contributed by atoms with Crippen LogP contribution in [0.5, 0.6) is 0 Å². The molecule has 0 aliphatic rings. The number of benzene rings is 1. The van der Waals surface area contributed by atoms with E-state index in [1.54, 1.807) is 24.3 Å². The third-order valence-corrected chi connectivity index (χ3v) is 3.14. The zero-order valence-electron chi connectivity index (χ0n) is 12.8. The molecule has 0 fully saturated rings. The van der Waals surface area contributed by atoms with Crippen LogP contribution in [0.25, 0.3) is 11.3 Å². The van der Waals surface area contributed by atoms with Gasteiger partial charge in [0.1, 0.15) is 17.2 Å². The van der Waals surface area contributed by atoms with Crippen molar-refractivity contribution in [2.45, 2.75) is 0 Å². The first-order valence-corrected chi connectivity index (χ1v) is 7.11. The number of non-ortho nitro benzene ring substituents is 1. The summed E-state index contributed by atoms with van der Waals surface area (Å²) in [7, 11) is 0. The Hall–Kier alpha value is -3.88. The Morgan fingerprint density at radius 1 is 1.28 bits per heavy atom. The Labute approximate surface area is 141 Å². The summed E-state index contributed by atoms with van der Waals surface area (Å²) in [6.45, 7) is 0. The van der Waals surface area contributed by atoms with Crippen molar-refractivity contribution in [3.8, 4) is 11.3 Å². The summed E-state index contributed by atoms with van der Waals surface area (Å²) in [5, 5.41) is 18.5. The Morgan fingerprint density at radius 3 is 2.92 bits per heavy atom. The van der Waals surface area contributed by atoms with E-state index in [0.717, 1.165) is 0 Å². The number of aromatic nitrogens is 2. The van der Waals surface area contributed by atoms with Crippen LogP contribution in [-0.2, 0) is 0 Å². The summed E-state index contributed by atoms with van der Waals surface area (Å²) in [5.41, 5.74) is 6.74. The van der Waals surface area contributed by atoms with Crippen LogP contribution in [0.1, 0.15) is 11.5 Å². The zero-order valence-corrected chi connectivity index (χ0v) is 12.8. The maximum atomic E-state index is 10.8. The van der Waals surface area contributed by atoms with Gasteiger partial charge in [0.15, 0.2) is 5.84 Å². The second-order valence-corrected chi connectivity index (χ2v) is 4.83. The molecule has 0 saturated heterocycles. The van der Waals surface area contributed by atoms with Crippen LogP contribution in [0.4, 0.5) is 5.69 Å². The van der Waals surface area contributed by atoms with Crippen molar-refractivity contribution >= 4 is 17.7 Å². The van der Waals surface area contributed by atoms with Gasteiger partial charge >= 0.3 is 0 Å². The highest BCUT2D eigenvalue weighted by Crippen LogP contribution is 2.25. The molecule has 25 heavy (non-hydrogen) atoms. The Bertz CT molecular complexity index is 949. The molecule has 0 amide bonds. The first-order valence-electron chi connectivity index (χ1n) is 7.11. The van der Waals surface area contributed by atoms with Gasteiger partial charge < -0.3 is 10.2 Å². The highest BCUT2D eigenvalue weighted by molar-refractivity contribution is 5.95. The van der Waals surface area contributed by atoms with E-state index in [9.17, 15) is 10.1 Å². The van der Waals surface area contributed by atoms with Crippen molar-refractivity contribution in [2.75, 3.05) is 0 Å². The lowest BCUT2D eigenvalue weighted by Crippen LogP contribution is -2.14. The highest BCUT2D eigenvalue weighted by Gasteiger charge is 2.09. The second-order valence-electron chi connectivity index (χ2n) is 4.83. The average Bonchev–Trinajstić information content (AvgIpc) is 3.11. The minimum Gasteiger partial charge on any atom is -0.455 e. The largest absolute Gasteiger partial charge is 0.455 e. The summed E-state index contributed by atoms with van der Waals surface area (Å²) >= 11 is 0. The minimum atomic E-state index is -0.460. The zero-order chi connectivity index (χ0) is 17.6. The number of amidine groups is 1. The van der Waals surface area contributed by atoms with Gasteiger partial charge in [0.05, 0.1) is 17.3 Å². The van der Waals surface area contributed by atoms with Crippen LogP contribution < -0.4 is 5.73 Å². The van der Waals surface area contributed by atoms with E-state index in [-0.39, 0.29) is 11.5 Å². The SMILES string of the molecule is N/C(=N\N=C\c1ccc(-c2cccc([N+](=O)[O-])c2)o1)c1cnccn1. The number of nitro benzene ring substituents is 1. The molecule has 0 aliphatic carbocycles. The number of nitro groups is 1. The second kappa shape index (κ2) is 7.13. The molecule has 0 aliphatic heterocycles. The Balaban J connectivity index is 1.76. The van der Waals surface area contributed by atoms with Crippen LogP contribution >= 0.6 is 0 Å². The molecular weight excluding hydrogens is 324 g/mol. The van der Waals surface area contributed by atoms with Gasteiger partial charge in [0.2, 0.25) is 0 Å². The van der Waals surface area contributed by atoms with Gasteiger partial charge in [-0.05, 0) is 12.1 Å². The molecule has 0 spiro atoms. The van der Waals surface area contributed by atoms with E-state index >= 15 is 0 Å². The molecule has 0 saturated carbocycles. The average molecular weight is 336 g/mol. The van der Waals surface area contributed by atoms with E-state index in [2.05, 4.69) is 20.2 Å². The number of rotatable bonds is 5. The fraction of sp³-hybridized carbons (Fsp3) is 0. The molecule has 0 atom stereocenters. The van der Waals surface area contributed by atoms with Gasteiger partial charge in [-0.15, -0.1) is 5.10 Å². The number of hydrogen-bond acceptors (Lipinski definition) is 7. The van der Waals surface area contributed by atoms with Crippen LogP contribution in [-0.4, -0.2) is 26.9 Å². The molecule has 2 heterocycles. The lowest BCUT2D eigenvalue weighted by molar-refractivity contribution is -0.384. The summed E-state index contributed by atoms with van der Waals surface area (Å²) in [4.78, 5) is 18.3. The van der Waals surface area contributed by atoms with Crippen molar-refractivity contribution in [1.29, 1.82) is 0 Å². The van der Waals surface area contributed by atoms with E-state index in [1.165, 1.54) is 36.9 Å².